The van der Waals surface area contributed by atoms with E-state index in [0.717, 1.165) is 16.9 Å². The van der Waals surface area contributed by atoms with Crippen LogP contribution in [0.4, 0.5) is 10.5 Å². The highest BCUT2D eigenvalue weighted by atomic mass is 16.5. The molecule has 33 heavy (non-hydrogen) atoms. The van der Waals surface area contributed by atoms with Crippen molar-refractivity contribution in [3.63, 3.8) is 0 Å². The molecule has 0 fully saturated rings. The lowest BCUT2D eigenvalue weighted by Gasteiger charge is -2.26. The van der Waals surface area contributed by atoms with Crippen LogP contribution in [0.2, 0.25) is 0 Å². The maximum absolute atomic E-state index is 13.2. The first-order valence-electron chi connectivity index (χ1n) is 11.0. The predicted octanol–water partition coefficient (Wildman–Crippen LogP) is 5.97. The fourth-order valence-corrected chi connectivity index (χ4v) is 3.45. The molecule has 0 aliphatic heterocycles. The first-order valence-corrected chi connectivity index (χ1v) is 11.0. The molecule has 0 aliphatic rings. The molecule has 0 aliphatic carbocycles. The van der Waals surface area contributed by atoms with Gasteiger partial charge in [0.25, 0.3) is 0 Å². The summed E-state index contributed by atoms with van der Waals surface area (Å²) in [5, 5.41) is 2.97. The van der Waals surface area contributed by atoms with E-state index in [1.807, 2.05) is 54.6 Å². The standard InChI is InChI=1S/C27H32N2O4/c1-20(2)17-29(27(30)28-25-14-13-23(31-3)16-26(25)32-4)18-22-11-8-12-24(15-22)33-19-21-9-6-5-7-10-21/h5-16,20H,17-19H2,1-4H3,(H,28,30). The molecule has 0 atom stereocenters. The van der Waals surface area contributed by atoms with Crippen molar-refractivity contribution in [3.05, 3.63) is 83.9 Å². The van der Waals surface area contributed by atoms with Gasteiger partial charge in [-0.25, -0.2) is 4.79 Å². The number of rotatable bonds is 10. The third kappa shape index (κ3) is 7.17. The minimum absolute atomic E-state index is 0.192. The summed E-state index contributed by atoms with van der Waals surface area (Å²) in [6.07, 6.45) is 0. The largest absolute Gasteiger partial charge is 0.497 e. The molecule has 0 saturated carbocycles. The lowest BCUT2D eigenvalue weighted by molar-refractivity contribution is 0.201. The van der Waals surface area contributed by atoms with Crippen molar-refractivity contribution in [1.82, 2.24) is 4.90 Å². The molecule has 0 radical (unpaired) electrons. The second kappa shape index (κ2) is 11.8. The van der Waals surface area contributed by atoms with Gasteiger partial charge in [0, 0.05) is 19.2 Å². The second-order valence-electron chi connectivity index (χ2n) is 8.19. The number of carbonyl (C=O) groups is 1. The van der Waals surface area contributed by atoms with E-state index in [1.165, 1.54) is 0 Å². The molecule has 0 bridgehead atoms. The van der Waals surface area contributed by atoms with E-state index in [4.69, 9.17) is 14.2 Å². The second-order valence-corrected chi connectivity index (χ2v) is 8.19. The van der Waals surface area contributed by atoms with Gasteiger partial charge in [-0.05, 0) is 41.3 Å². The number of ether oxygens (including phenoxy) is 3. The van der Waals surface area contributed by atoms with Gasteiger partial charge in [-0.3, -0.25) is 0 Å². The van der Waals surface area contributed by atoms with Crippen LogP contribution in [-0.4, -0.2) is 31.7 Å². The third-order valence-corrected chi connectivity index (χ3v) is 5.04. The normalized spacial score (nSPS) is 10.6. The third-order valence-electron chi connectivity index (χ3n) is 5.04. The van der Waals surface area contributed by atoms with Gasteiger partial charge < -0.3 is 24.4 Å². The minimum atomic E-state index is -0.192. The zero-order valence-corrected chi connectivity index (χ0v) is 19.7. The van der Waals surface area contributed by atoms with Crippen LogP contribution in [0, 0.1) is 5.92 Å². The van der Waals surface area contributed by atoms with Crippen LogP contribution in [0.5, 0.6) is 17.2 Å². The van der Waals surface area contributed by atoms with E-state index < -0.39 is 0 Å². The summed E-state index contributed by atoms with van der Waals surface area (Å²) >= 11 is 0. The predicted molar refractivity (Wildman–Crippen MR) is 131 cm³/mol. The molecule has 6 heteroatoms. The zero-order valence-electron chi connectivity index (χ0n) is 19.7. The molecule has 2 amide bonds. The number of benzene rings is 3. The maximum Gasteiger partial charge on any atom is 0.322 e. The summed E-state index contributed by atoms with van der Waals surface area (Å²) in [6.45, 7) is 5.75. The Morgan fingerprint density at radius 1 is 0.879 bits per heavy atom. The smallest absolute Gasteiger partial charge is 0.322 e. The fourth-order valence-electron chi connectivity index (χ4n) is 3.45. The number of anilines is 1. The maximum atomic E-state index is 13.2. The van der Waals surface area contributed by atoms with Gasteiger partial charge in [0.15, 0.2) is 0 Å². The van der Waals surface area contributed by atoms with Crippen molar-refractivity contribution in [2.45, 2.75) is 27.0 Å². The molecule has 3 aromatic carbocycles. The number of carbonyl (C=O) groups excluding carboxylic acids is 1. The number of hydrogen-bond acceptors (Lipinski definition) is 4. The molecule has 6 nitrogen and oxygen atoms in total. The Bertz CT molecular complexity index is 1040. The van der Waals surface area contributed by atoms with E-state index in [9.17, 15) is 4.79 Å². The first kappa shape index (κ1) is 24.0. The van der Waals surface area contributed by atoms with Gasteiger partial charge in [-0.1, -0.05) is 56.3 Å². The highest BCUT2D eigenvalue weighted by molar-refractivity contribution is 5.91. The summed E-state index contributed by atoms with van der Waals surface area (Å²) in [6, 6.07) is 23.0. The minimum Gasteiger partial charge on any atom is -0.497 e. The van der Waals surface area contributed by atoms with Gasteiger partial charge in [0.1, 0.15) is 23.9 Å². The van der Waals surface area contributed by atoms with Gasteiger partial charge in [-0.15, -0.1) is 0 Å². The topological polar surface area (TPSA) is 60.0 Å². The average Bonchev–Trinajstić information content (AvgIpc) is 2.83. The SMILES string of the molecule is COc1ccc(NC(=O)N(Cc2cccc(OCc3ccccc3)c2)CC(C)C)c(OC)c1. The molecule has 1 N–H and O–H groups in total. The van der Waals surface area contributed by atoms with Crippen molar-refractivity contribution < 1.29 is 19.0 Å². The number of urea groups is 1. The number of methoxy groups -OCH3 is 2. The molecule has 0 aromatic heterocycles. The summed E-state index contributed by atoms with van der Waals surface area (Å²) in [5.41, 5.74) is 2.70. The van der Waals surface area contributed by atoms with Crippen molar-refractivity contribution in [2.75, 3.05) is 26.1 Å². The molecule has 0 heterocycles. The zero-order chi connectivity index (χ0) is 23.6. The number of nitrogens with zero attached hydrogens (tertiary/aromatic N) is 1. The Morgan fingerprint density at radius 3 is 2.33 bits per heavy atom. The van der Waals surface area contributed by atoms with Gasteiger partial charge in [-0.2, -0.15) is 0 Å². The Kier molecular flexibility index (Phi) is 8.58. The molecular weight excluding hydrogens is 416 g/mol. The van der Waals surface area contributed by atoms with E-state index in [1.54, 1.807) is 37.3 Å². The lowest BCUT2D eigenvalue weighted by atomic mass is 10.1. The molecule has 0 spiro atoms. The van der Waals surface area contributed by atoms with Crippen LogP contribution < -0.4 is 19.5 Å². The average molecular weight is 449 g/mol. The highest BCUT2D eigenvalue weighted by Crippen LogP contribution is 2.29. The summed E-state index contributed by atoms with van der Waals surface area (Å²) in [7, 11) is 3.16. The molecule has 0 saturated heterocycles. The van der Waals surface area contributed by atoms with E-state index in [-0.39, 0.29) is 6.03 Å². The summed E-state index contributed by atoms with van der Waals surface area (Å²) < 4.78 is 16.6. The molecule has 3 aromatic rings. The molecule has 0 unspecified atom stereocenters. The highest BCUT2D eigenvalue weighted by Gasteiger charge is 2.18. The van der Waals surface area contributed by atoms with Gasteiger partial charge >= 0.3 is 6.03 Å². The van der Waals surface area contributed by atoms with Crippen LogP contribution in [0.25, 0.3) is 0 Å². The molecule has 3 rings (SSSR count). The van der Waals surface area contributed by atoms with Crippen molar-refractivity contribution in [3.8, 4) is 17.2 Å². The number of amides is 2. The van der Waals surface area contributed by atoms with E-state index in [0.29, 0.717) is 42.8 Å². The first-order chi connectivity index (χ1) is 16.0. The van der Waals surface area contributed by atoms with E-state index in [2.05, 4.69) is 19.2 Å². The monoisotopic (exact) mass is 448 g/mol. The van der Waals surface area contributed by atoms with Gasteiger partial charge in [0.05, 0.1) is 19.9 Å². The van der Waals surface area contributed by atoms with Crippen LogP contribution in [0.15, 0.2) is 72.8 Å². The van der Waals surface area contributed by atoms with Crippen LogP contribution >= 0.6 is 0 Å². The van der Waals surface area contributed by atoms with Gasteiger partial charge in [0.2, 0.25) is 0 Å². The quantitative estimate of drug-likeness (QED) is 0.415. The fraction of sp³-hybridized carbons (Fsp3) is 0.296. The Labute approximate surface area is 196 Å². The van der Waals surface area contributed by atoms with E-state index >= 15 is 0 Å². The summed E-state index contributed by atoms with van der Waals surface area (Å²) in [5.74, 6) is 2.30. The number of hydrogen-bond donors (Lipinski definition) is 1. The van der Waals surface area contributed by atoms with Crippen molar-refractivity contribution in [2.24, 2.45) is 5.92 Å². The molecular formula is C27H32N2O4. The molecule has 174 valence electrons. The lowest BCUT2D eigenvalue weighted by Crippen LogP contribution is -2.37. The number of nitrogens with one attached hydrogen (secondary N) is 1. The Balaban J connectivity index is 1.71. The summed E-state index contributed by atoms with van der Waals surface area (Å²) in [4.78, 5) is 15.0. The van der Waals surface area contributed by atoms with Crippen molar-refractivity contribution >= 4 is 11.7 Å². The Morgan fingerprint density at radius 2 is 1.64 bits per heavy atom. The van der Waals surface area contributed by atoms with Crippen LogP contribution in [0.3, 0.4) is 0 Å². The van der Waals surface area contributed by atoms with Crippen LogP contribution in [-0.2, 0) is 13.2 Å². The Hall–Kier alpha value is -3.67. The van der Waals surface area contributed by atoms with Crippen molar-refractivity contribution in [1.29, 1.82) is 0 Å². The van der Waals surface area contributed by atoms with Crippen LogP contribution in [0.1, 0.15) is 25.0 Å².